The molecule has 0 aliphatic rings. The maximum Gasteiger partial charge on any atom is 0.250 e. The lowest BCUT2D eigenvalue weighted by Crippen LogP contribution is -2.07. The van der Waals surface area contributed by atoms with Crippen molar-refractivity contribution in [3.63, 3.8) is 0 Å². The molecule has 0 aliphatic carbocycles. The van der Waals surface area contributed by atoms with Crippen molar-refractivity contribution in [3.05, 3.63) is 64.1 Å². The molecule has 22 heavy (non-hydrogen) atoms. The van der Waals surface area contributed by atoms with E-state index in [2.05, 4.69) is 10.3 Å². The minimum atomic E-state index is -0.282. The lowest BCUT2D eigenvalue weighted by molar-refractivity contribution is -0.111. The van der Waals surface area contributed by atoms with Gasteiger partial charge in [0.15, 0.2) is 5.13 Å². The molecule has 0 aliphatic heterocycles. The summed E-state index contributed by atoms with van der Waals surface area (Å²) in [5.74, 6) is -0.282. The summed E-state index contributed by atoms with van der Waals surface area (Å²) >= 11 is 13.5. The van der Waals surface area contributed by atoms with Crippen LogP contribution in [0.15, 0.2) is 48.5 Å². The predicted molar refractivity (Wildman–Crippen MR) is 93.7 cm³/mol. The smallest absolute Gasteiger partial charge is 0.250 e. The lowest BCUT2D eigenvalue weighted by atomic mass is 10.2. The third-order valence-electron chi connectivity index (χ3n) is 2.93. The molecule has 3 nitrogen and oxygen atoms in total. The number of amides is 1. The summed E-state index contributed by atoms with van der Waals surface area (Å²) in [6, 6.07) is 12.9. The topological polar surface area (TPSA) is 42.0 Å². The van der Waals surface area contributed by atoms with Gasteiger partial charge in [-0.05, 0) is 30.3 Å². The van der Waals surface area contributed by atoms with E-state index in [1.54, 1.807) is 24.3 Å². The zero-order valence-corrected chi connectivity index (χ0v) is 13.5. The summed E-state index contributed by atoms with van der Waals surface area (Å²) in [4.78, 5) is 16.3. The highest BCUT2D eigenvalue weighted by atomic mass is 35.5. The van der Waals surface area contributed by atoms with Crippen LogP contribution in [0.3, 0.4) is 0 Å². The van der Waals surface area contributed by atoms with Crippen LogP contribution in [0.25, 0.3) is 16.3 Å². The number of nitrogens with one attached hydrogen (secondary N) is 1. The second-order valence-electron chi connectivity index (χ2n) is 4.44. The predicted octanol–water partition coefficient (Wildman–Crippen LogP) is 5.26. The number of hydrogen-bond donors (Lipinski definition) is 1. The summed E-state index contributed by atoms with van der Waals surface area (Å²) in [5, 5.41) is 4.29. The number of rotatable bonds is 3. The maximum atomic E-state index is 12.0. The number of hydrogen-bond acceptors (Lipinski definition) is 3. The molecule has 6 heteroatoms. The number of nitrogens with zero attached hydrogens (tertiary/aromatic N) is 1. The number of aromatic nitrogens is 1. The molecule has 0 fully saturated rings. The minimum absolute atomic E-state index is 0.282. The van der Waals surface area contributed by atoms with Gasteiger partial charge in [0, 0.05) is 21.7 Å². The first-order valence-electron chi connectivity index (χ1n) is 6.42. The van der Waals surface area contributed by atoms with Crippen molar-refractivity contribution in [2.45, 2.75) is 0 Å². The van der Waals surface area contributed by atoms with Crippen LogP contribution < -0.4 is 5.32 Å². The molecule has 2 aromatic carbocycles. The first kappa shape index (κ1) is 15.0. The van der Waals surface area contributed by atoms with E-state index in [0.29, 0.717) is 20.7 Å². The fraction of sp³-hybridized carbons (Fsp3) is 0. The lowest BCUT2D eigenvalue weighted by Gasteiger charge is -2.00. The standard InChI is InChI=1S/C16H10Cl2N2OS/c17-11-4-3-5-12(18)10(11)8-9-15(21)20-16-19-13-6-1-2-7-14(13)22-16/h1-9H,(H,19,20,21)/b9-8+. The largest absolute Gasteiger partial charge is 0.298 e. The first-order valence-corrected chi connectivity index (χ1v) is 7.99. The van der Waals surface area contributed by atoms with Crippen LogP contribution in [-0.4, -0.2) is 10.9 Å². The molecule has 0 atom stereocenters. The molecule has 1 aromatic heterocycles. The fourth-order valence-corrected chi connectivity index (χ4v) is 3.29. The Bertz CT molecular complexity index is 820. The Morgan fingerprint density at radius 2 is 1.82 bits per heavy atom. The number of halogens is 2. The van der Waals surface area contributed by atoms with Crippen LogP contribution in [0.1, 0.15) is 5.56 Å². The molecular weight excluding hydrogens is 339 g/mol. The summed E-state index contributed by atoms with van der Waals surface area (Å²) in [5.41, 5.74) is 1.48. The second-order valence-corrected chi connectivity index (χ2v) is 6.29. The van der Waals surface area contributed by atoms with E-state index in [4.69, 9.17) is 23.2 Å². The van der Waals surface area contributed by atoms with E-state index in [9.17, 15) is 4.79 Å². The van der Waals surface area contributed by atoms with Gasteiger partial charge in [-0.15, -0.1) is 0 Å². The Balaban J connectivity index is 1.76. The van der Waals surface area contributed by atoms with Gasteiger partial charge in [-0.3, -0.25) is 10.1 Å². The van der Waals surface area contributed by atoms with E-state index in [1.165, 1.54) is 17.4 Å². The number of thiazole rings is 1. The molecule has 0 bridgehead atoms. The van der Waals surface area contributed by atoms with E-state index in [-0.39, 0.29) is 5.91 Å². The number of benzene rings is 2. The second kappa shape index (κ2) is 6.48. The zero-order chi connectivity index (χ0) is 15.5. The average molecular weight is 349 g/mol. The van der Waals surface area contributed by atoms with Crippen molar-refractivity contribution in [1.82, 2.24) is 4.98 Å². The number of anilines is 1. The Labute approximate surface area is 141 Å². The number of carbonyl (C=O) groups is 1. The van der Waals surface area contributed by atoms with Crippen molar-refractivity contribution in [2.24, 2.45) is 0 Å². The molecule has 0 unspecified atom stereocenters. The van der Waals surface area contributed by atoms with Crippen LogP contribution in [-0.2, 0) is 4.79 Å². The van der Waals surface area contributed by atoms with E-state index in [0.717, 1.165) is 10.2 Å². The number of para-hydroxylation sites is 1. The molecule has 3 aromatic rings. The highest BCUT2D eigenvalue weighted by Crippen LogP contribution is 2.27. The fourth-order valence-electron chi connectivity index (χ4n) is 1.90. The quantitative estimate of drug-likeness (QED) is 0.656. The Morgan fingerprint density at radius 3 is 2.55 bits per heavy atom. The van der Waals surface area contributed by atoms with Gasteiger partial charge in [-0.2, -0.15) is 0 Å². The molecule has 1 heterocycles. The molecule has 1 N–H and O–H groups in total. The molecule has 3 rings (SSSR count). The third-order valence-corrected chi connectivity index (χ3v) is 4.54. The number of fused-ring (bicyclic) bond motifs is 1. The minimum Gasteiger partial charge on any atom is -0.298 e. The molecule has 0 saturated carbocycles. The van der Waals surface area contributed by atoms with Crippen molar-refractivity contribution in [2.75, 3.05) is 5.32 Å². The average Bonchev–Trinajstić information content (AvgIpc) is 2.88. The Hall–Kier alpha value is -1.88. The zero-order valence-electron chi connectivity index (χ0n) is 11.2. The normalized spacial score (nSPS) is 11.2. The van der Waals surface area contributed by atoms with Gasteiger partial charge in [0.2, 0.25) is 5.91 Å². The van der Waals surface area contributed by atoms with Crippen LogP contribution in [0, 0.1) is 0 Å². The summed E-state index contributed by atoms with van der Waals surface area (Å²) in [6.07, 6.45) is 2.98. The van der Waals surface area contributed by atoms with Gasteiger partial charge in [0.25, 0.3) is 0 Å². The van der Waals surface area contributed by atoms with E-state index >= 15 is 0 Å². The highest BCUT2D eigenvalue weighted by molar-refractivity contribution is 7.22. The van der Waals surface area contributed by atoms with Gasteiger partial charge in [-0.1, -0.05) is 52.7 Å². The van der Waals surface area contributed by atoms with Gasteiger partial charge >= 0.3 is 0 Å². The van der Waals surface area contributed by atoms with Crippen molar-refractivity contribution < 1.29 is 4.79 Å². The van der Waals surface area contributed by atoms with Gasteiger partial charge < -0.3 is 0 Å². The van der Waals surface area contributed by atoms with Crippen molar-refractivity contribution >= 4 is 61.9 Å². The Morgan fingerprint density at radius 1 is 1.09 bits per heavy atom. The molecular formula is C16H10Cl2N2OS. The van der Waals surface area contributed by atoms with E-state index < -0.39 is 0 Å². The third kappa shape index (κ3) is 3.30. The summed E-state index contributed by atoms with van der Waals surface area (Å²) < 4.78 is 1.02. The van der Waals surface area contributed by atoms with Gasteiger partial charge in [0.05, 0.1) is 10.2 Å². The van der Waals surface area contributed by atoms with Crippen molar-refractivity contribution in [3.8, 4) is 0 Å². The SMILES string of the molecule is O=C(/C=C/c1c(Cl)cccc1Cl)Nc1nc2ccccc2s1. The maximum absolute atomic E-state index is 12.0. The van der Waals surface area contributed by atoms with E-state index in [1.807, 2.05) is 24.3 Å². The first-order chi connectivity index (χ1) is 10.6. The Kier molecular flexibility index (Phi) is 4.43. The van der Waals surface area contributed by atoms with Crippen LogP contribution in [0.2, 0.25) is 10.0 Å². The number of carbonyl (C=O) groups excluding carboxylic acids is 1. The molecule has 1 amide bonds. The van der Waals surface area contributed by atoms with Crippen LogP contribution in [0.4, 0.5) is 5.13 Å². The monoisotopic (exact) mass is 348 g/mol. The summed E-state index contributed by atoms with van der Waals surface area (Å²) in [6.45, 7) is 0. The highest BCUT2D eigenvalue weighted by Gasteiger charge is 2.06. The van der Waals surface area contributed by atoms with Gasteiger partial charge in [0.1, 0.15) is 0 Å². The molecule has 0 spiro atoms. The summed E-state index contributed by atoms with van der Waals surface area (Å²) in [7, 11) is 0. The van der Waals surface area contributed by atoms with Crippen molar-refractivity contribution in [1.29, 1.82) is 0 Å². The van der Waals surface area contributed by atoms with Crippen LogP contribution >= 0.6 is 34.5 Å². The molecule has 0 saturated heterocycles. The van der Waals surface area contributed by atoms with Crippen LogP contribution in [0.5, 0.6) is 0 Å². The molecule has 0 radical (unpaired) electrons. The molecule has 110 valence electrons. The van der Waals surface area contributed by atoms with Gasteiger partial charge in [-0.25, -0.2) is 4.98 Å².